The van der Waals surface area contributed by atoms with Crippen LogP contribution in [0.15, 0.2) is 5.16 Å². The van der Waals surface area contributed by atoms with Gasteiger partial charge in [0.15, 0.2) is 0 Å². The van der Waals surface area contributed by atoms with Gasteiger partial charge in [0.1, 0.15) is 5.84 Å². The number of hydrogen-bond donors (Lipinski definition) is 2. The van der Waals surface area contributed by atoms with E-state index in [9.17, 15) is 4.79 Å². The molecule has 1 heterocycles. The van der Waals surface area contributed by atoms with E-state index in [0.29, 0.717) is 25.4 Å². The maximum atomic E-state index is 12.2. The Morgan fingerprint density at radius 1 is 1.42 bits per heavy atom. The van der Waals surface area contributed by atoms with Crippen molar-refractivity contribution in [3.05, 3.63) is 0 Å². The number of rotatable bonds is 3. The molecule has 0 aromatic carbocycles. The van der Waals surface area contributed by atoms with Crippen molar-refractivity contribution >= 4 is 11.7 Å². The van der Waals surface area contributed by atoms with Crippen LogP contribution in [0.5, 0.6) is 0 Å². The minimum absolute atomic E-state index is 0.106. The molecule has 0 saturated carbocycles. The molecule has 1 aliphatic rings. The van der Waals surface area contributed by atoms with Crippen molar-refractivity contribution in [2.45, 2.75) is 47.0 Å². The summed E-state index contributed by atoms with van der Waals surface area (Å²) in [5, 5.41) is 11.7. The van der Waals surface area contributed by atoms with Gasteiger partial charge in [0.25, 0.3) is 0 Å². The highest BCUT2D eigenvalue weighted by molar-refractivity contribution is 5.83. The first-order chi connectivity index (χ1) is 8.75. The minimum Gasteiger partial charge on any atom is -0.409 e. The van der Waals surface area contributed by atoms with Gasteiger partial charge in [0.05, 0.1) is 0 Å². The van der Waals surface area contributed by atoms with Crippen LogP contribution in [-0.2, 0) is 4.79 Å². The number of piperidine rings is 1. The lowest BCUT2D eigenvalue weighted by Crippen LogP contribution is -2.42. The molecule has 1 atom stereocenters. The highest BCUT2D eigenvalue weighted by Crippen LogP contribution is 2.29. The fourth-order valence-corrected chi connectivity index (χ4v) is 2.20. The van der Waals surface area contributed by atoms with Crippen molar-refractivity contribution in [2.24, 2.45) is 28.1 Å². The number of hydrogen-bond acceptors (Lipinski definition) is 3. The number of oxime groups is 1. The Hall–Kier alpha value is -1.26. The van der Waals surface area contributed by atoms with E-state index in [0.717, 1.165) is 12.8 Å². The maximum Gasteiger partial charge on any atom is 0.222 e. The second-order valence-electron chi connectivity index (χ2n) is 6.65. The Labute approximate surface area is 115 Å². The molecule has 1 amide bonds. The molecule has 0 spiro atoms. The number of carbonyl (C=O) groups excluding carboxylic acids is 1. The molecule has 1 saturated heterocycles. The lowest BCUT2D eigenvalue weighted by atomic mass is 9.80. The average Bonchev–Trinajstić information content (AvgIpc) is 2.36. The fraction of sp³-hybridized carbons (Fsp3) is 0.857. The Morgan fingerprint density at radius 2 is 1.95 bits per heavy atom. The standard InChI is InChI=1S/C14H27N3O2/c1-10(14(2,3)4)9-12(18)17-7-5-11(6-8-17)13(15)16-19/h10-11,19H,5-9H2,1-4H3,(H2,15,16). The summed E-state index contributed by atoms with van der Waals surface area (Å²) in [7, 11) is 0. The van der Waals surface area contributed by atoms with Gasteiger partial charge in [-0.05, 0) is 24.2 Å². The van der Waals surface area contributed by atoms with Crippen molar-refractivity contribution in [2.75, 3.05) is 13.1 Å². The monoisotopic (exact) mass is 269 g/mol. The average molecular weight is 269 g/mol. The van der Waals surface area contributed by atoms with Crippen LogP contribution >= 0.6 is 0 Å². The summed E-state index contributed by atoms with van der Waals surface area (Å²) in [4.78, 5) is 14.1. The highest BCUT2D eigenvalue weighted by Gasteiger charge is 2.28. The first-order valence-electron chi connectivity index (χ1n) is 7.01. The Balaban J connectivity index is 2.45. The van der Waals surface area contributed by atoms with Crippen LogP contribution in [-0.4, -0.2) is 34.9 Å². The zero-order valence-electron chi connectivity index (χ0n) is 12.5. The second kappa shape index (κ2) is 6.26. The normalized spacial score (nSPS) is 20.4. The number of amides is 1. The summed E-state index contributed by atoms with van der Waals surface area (Å²) in [6.07, 6.45) is 2.16. The van der Waals surface area contributed by atoms with E-state index in [2.05, 4.69) is 32.9 Å². The quantitative estimate of drug-likeness (QED) is 0.356. The van der Waals surface area contributed by atoms with Crippen molar-refractivity contribution in [3.8, 4) is 0 Å². The van der Waals surface area contributed by atoms with Gasteiger partial charge in [-0.25, -0.2) is 0 Å². The highest BCUT2D eigenvalue weighted by atomic mass is 16.4. The van der Waals surface area contributed by atoms with Crippen LogP contribution in [0.1, 0.15) is 47.0 Å². The lowest BCUT2D eigenvalue weighted by Gasteiger charge is -2.34. The number of nitrogens with zero attached hydrogens (tertiary/aromatic N) is 2. The van der Waals surface area contributed by atoms with Gasteiger partial charge in [-0.1, -0.05) is 32.9 Å². The predicted molar refractivity (Wildman–Crippen MR) is 75.9 cm³/mol. The summed E-state index contributed by atoms with van der Waals surface area (Å²) in [5.41, 5.74) is 5.76. The van der Waals surface area contributed by atoms with Gasteiger partial charge in [-0.3, -0.25) is 4.79 Å². The zero-order chi connectivity index (χ0) is 14.6. The number of amidine groups is 1. The molecule has 19 heavy (non-hydrogen) atoms. The molecule has 0 bridgehead atoms. The number of nitrogens with two attached hydrogens (primary N) is 1. The molecule has 0 radical (unpaired) electrons. The van der Waals surface area contributed by atoms with Crippen LogP contribution in [0.2, 0.25) is 0 Å². The van der Waals surface area contributed by atoms with Gasteiger partial charge in [0, 0.05) is 25.4 Å². The van der Waals surface area contributed by atoms with E-state index in [1.807, 2.05) is 4.90 Å². The summed E-state index contributed by atoms with van der Waals surface area (Å²) in [5.74, 6) is 0.978. The van der Waals surface area contributed by atoms with E-state index >= 15 is 0 Å². The first-order valence-corrected chi connectivity index (χ1v) is 7.01. The van der Waals surface area contributed by atoms with Crippen LogP contribution in [0.4, 0.5) is 0 Å². The van der Waals surface area contributed by atoms with E-state index in [1.165, 1.54) is 0 Å². The van der Waals surface area contributed by atoms with Crippen molar-refractivity contribution in [3.63, 3.8) is 0 Å². The Morgan fingerprint density at radius 3 is 2.37 bits per heavy atom. The number of likely N-dealkylation sites (tertiary alicyclic amines) is 1. The minimum atomic E-state index is 0.106. The summed E-state index contributed by atoms with van der Waals surface area (Å²) in [6.45, 7) is 10.0. The molecule has 1 rings (SSSR count). The summed E-state index contributed by atoms with van der Waals surface area (Å²) >= 11 is 0. The molecule has 110 valence electrons. The molecule has 0 aromatic rings. The fourth-order valence-electron chi connectivity index (χ4n) is 2.20. The molecular formula is C14H27N3O2. The molecule has 0 aromatic heterocycles. The predicted octanol–water partition coefficient (Wildman–Crippen LogP) is 2.04. The SMILES string of the molecule is CC(CC(=O)N1CCC(C(N)=NO)CC1)C(C)(C)C. The second-order valence-corrected chi connectivity index (χ2v) is 6.65. The lowest BCUT2D eigenvalue weighted by molar-refractivity contribution is -0.134. The van der Waals surface area contributed by atoms with Crippen LogP contribution in [0.25, 0.3) is 0 Å². The van der Waals surface area contributed by atoms with Crippen molar-refractivity contribution < 1.29 is 10.0 Å². The van der Waals surface area contributed by atoms with E-state index < -0.39 is 0 Å². The molecule has 0 aliphatic carbocycles. The molecule has 3 N–H and O–H groups in total. The summed E-state index contributed by atoms with van der Waals surface area (Å²) in [6, 6.07) is 0. The summed E-state index contributed by atoms with van der Waals surface area (Å²) < 4.78 is 0. The van der Waals surface area contributed by atoms with Crippen LogP contribution < -0.4 is 5.73 Å². The Bertz CT molecular complexity index is 339. The van der Waals surface area contributed by atoms with Crippen molar-refractivity contribution in [1.82, 2.24) is 4.90 Å². The largest absolute Gasteiger partial charge is 0.409 e. The Kier molecular flexibility index (Phi) is 5.20. The van der Waals surface area contributed by atoms with Gasteiger partial charge < -0.3 is 15.8 Å². The molecule has 5 nitrogen and oxygen atoms in total. The molecule has 1 aliphatic heterocycles. The van der Waals surface area contributed by atoms with E-state index in [-0.39, 0.29) is 23.1 Å². The smallest absolute Gasteiger partial charge is 0.222 e. The van der Waals surface area contributed by atoms with Gasteiger partial charge in [0.2, 0.25) is 5.91 Å². The number of carbonyl (C=O) groups is 1. The van der Waals surface area contributed by atoms with Crippen molar-refractivity contribution in [1.29, 1.82) is 0 Å². The molecular weight excluding hydrogens is 242 g/mol. The zero-order valence-corrected chi connectivity index (χ0v) is 12.5. The van der Waals surface area contributed by atoms with E-state index in [4.69, 9.17) is 10.9 Å². The third-order valence-corrected chi connectivity index (χ3v) is 4.34. The third-order valence-electron chi connectivity index (χ3n) is 4.34. The van der Waals surface area contributed by atoms with Crippen LogP contribution in [0, 0.1) is 17.3 Å². The van der Waals surface area contributed by atoms with Gasteiger partial charge >= 0.3 is 0 Å². The van der Waals surface area contributed by atoms with E-state index in [1.54, 1.807) is 0 Å². The van der Waals surface area contributed by atoms with Crippen LogP contribution in [0.3, 0.4) is 0 Å². The first kappa shape index (κ1) is 15.8. The maximum absolute atomic E-state index is 12.2. The third kappa shape index (κ3) is 4.40. The molecule has 5 heteroatoms. The molecule has 1 fully saturated rings. The van der Waals surface area contributed by atoms with Gasteiger partial charge in [-0.2, -0.15) is 0 Å². The molecule has 1 unspecified atom stereocenters. The van der Waals surface area contributed by atoms with Gasteiger partial charge in [-0.15, -0.1) is 0 Å². The topological polar surface area (TPSA) is 78.9 Å².